The van der Waals surface area contributed by atoms with Gasteiger partial charge < -0.3 is 29.4 Å². The number of ether oxygens (including phenoxy) is 3. The van der Waals surface area contributed by atoms with Gasteiger partial charge in [-0.2, -0.15) is 0 Å². The maximum Gasteiger partial charge on any atom is 0.345 e. The average Bonchev–Trinajstić information content (AvgIpc) is 2.96. The highest BCUT2D eigenvalue weighted by Gasteiger charge is 2.35. The number of fused-ring (bicyclic) bond motifs is 3. The molecule has 4 heterocycles. The van der Waals surface area contributed by atoms with Crippen LogP contribution in [-0.4, -0.2) is 52.6 Å². The number of carboxylic acid groups (broad SMARTS) is 1. The van der Waals surface area contributed by atoms with E-state index < -0.39 is 22.8 Å². The van der Waals surface area contributed by atoms with Crippen LogP contribution in [0.2, 0.25) is 0 Å². The summed E-state index contributed by atoms with van der Waals surface area (Å²) in [5, 5.41) is 20.5. The monoisotopic (exact) mass is 472 g/mol. The topological polar surface area (TPSA) is 131 Å². The van der Waals surface area contributed by atoms with E-state index in [0.29, 0.717) is 48.3 Å². The van der Waals surface area contributed by atoms with Crippen molar-refractivity contribution >= 4 is 5.97 Å². The summed E-state index contributed by atoms with van der Waals surface area (Å²) < 4.78 is 17.8. The largest absolute Gasteiger partial charge is 0.506 e. The summed E-state index contributed by atoms with van der Waals surface area (Å²) in [4.78, 5) is 32.0. The first-order valence-electron chi connectivity index (χ1n) is 11.9. The van der Waals surface area contributed by atoms with Crippen LogP contribution in [0.4, 0.5) is 0 Å². The zero-order valence-corrected chi connectivity index (χ0v) is 19.8. The summed E-state index contributed by atoms with van der Waals surface area (Å²) in [5.74, 6) is -1.16. The van der Waals surface area contributed by atoms with Crippen molar-refractivity contribution in [2.24, 2.45) is 5.92 Å². The van der Waals surface area contributed by atoms with E-state index in [9.17, 15) is 19.8 Å². The lowest BCUT2D eigenvalue weighted by Crippen LogP contribution is -2.23. The summed E-state index contributed by atoms with van der Waals surface area (Å²) in [6.45, 7) is 8.01. The number of H-pyrrole nitrogens is 1. The number of carboxylic acids is 1. The number of carbonyl (C=O) groups is 1. The SMILES string of the molecule is CCCCOc1cc2c(nc1C1CCOCC1)-c1[nH]c(=O)c(C(=O)O)c(O)c1C(C(C)C)CO2. The Kier molecular flexibility index (Phi) is 7.11. The van der Waals surface area contributed by atoms with Gasteiger partial charge in [0, 0.05) is 36.7 Å². The van der Waals surface area contributed by atoms with Crippen molar-refractivity contribution in [1.82, 2.24) is 9.97 Å². The van der Waals surface area contributed by atoms with E-state index in [0.717, 1.165) is 31.4 Å². The van der Waals surface area contributed by atoms with E-state index in [1.807, 2.05) is 19.9 Å². The molecule has 184 valence electrons. The summed E-state index contributed by atoms with van der Waals surface area (Å²) in [6.07, 6.45) is 3.48. The van der Waals surface area contributed by atoms with Gasteiger partial charge in [0.15, 0.2) is 11.3 Å². The summed E-state index contributed by atoms with van der Waals surface area (Å²) in [7, 11) is 0. The highest BCUT2D eigenvalue weighted by Crippen LogP contribution is 2.46. The first kappa shape index (κ1) is 24.1. The van der Waals surface area contributed by atoms with Gasteiger partial charge in [0.1, 0.15) is 17.2 Å². The highest BCUT2D eigenvalue weighted by atomic mass is 16.5. The van der Waals surface area contributed by atoms with E-state index in [4.69, 9.17) is 19.2 Å². The third-order valence-corrected chi connectivity index (χ3v) is 6.62. The van der Waals surface area contributed by atoms with Crippen LogP contribution >= 0.6 is 0 Å². The van der Waals surface area contributed by atoms with Crippen molar-refractivity contribution < 1.29 is 29.2 Å². The molecule has 34 heavy (non-hydrogen) atoms. The minimum Gasteiger partial charge on any atom is -0.506 e. The number of nitrogens with one attached hydrogen (secondary N) is 1. The molecular weight excluding hydrogens is 440 g/mol. The molecular formula is C25H32N2O7. The standard InChI is InChI=1S/C25H32N2O7/c1-4-5-8-33-16-11-17-21(26-20(16)14-6-9-32-10-7-14)22-18(15(12-34-17)13(2)3)23(28)19(25(30)31)24(29)27-22/h11,13-15H,4-10,12H2,1-3H3,(H,30,31)(H2,27,28,29). The normalized spacial score (nSPS) is 18.1. The predicted molar refractivity (Wildman–Crippen MR) is 125 cm³/mol. The molecule has 1 fully saturated rings. The minimum atomic E-state index is -1.48. The summed E-state index contributed by atoms with van der Waals surface area (Å²) in [5.41, 5.74) is 0.238. The molecule has 0 aliphatic carbocycles. The van der Waals surface area contributed by atoms with Crippen LogP contribution in [-0.2, 0) is 4.74 Å². The lowest BCUT2D eigenvalue weighted by atomic mass is 9.86. The molecule has 9 nitrogen and oxygen atoms in total. The fourth-order valence-electron chi connectivity index (χ4n) is 4.63. The highest BCUT2D eigenvalue weighted by molar-refractivity contribution is 5.92. The zero-order chi connectivity index (χ0) is 24.4. The van der Waals surface area contributed by atoms with Gasteiger partial charge >= 0.3 is 5.97 Å². The Morgan fingerprint density at radius 1 is 1.32 bits per heavy atom. The Bertz CT molecular complexity index is 1120. The van der Waals surface area contributed by atoms with Gasteiger partial charge in [-0.25, -0.2) is 9.78 Å². The van der Waals surface area contributed by atoms with Gasteiger partial charge in [-0.05, 0) is 25.2 Å². The van der Waals surface area contributed by atoms with E-state index in [2.05, 4.69) is 11.9 Å². The number of unbranched alkanes of at least 4 members (excludes halogenated alkanes) is 1. The fraction of sp³-hybridized carbons (Fsp3) is 0.560. The van der Waals surface area contributed by atoms with Crippen LogP contribution in [0.25, 0.3) is 11.4 Å². The molecule has 2 aromatic rings. The molecule has 9 heteroatoms. The minimum absolute atomic E-state index is 0.00162. The van der Waals surface area contributed by atoms with Gasteiger partial charge in [-0.15, -0.1) is 0 Å². The molecule has 2 aliphatic heterocycles. The zero-order valence-electron chi connectivity index (χ0n) is 19.8. The maximum atomic E-state index is 12.7. The average molecular weight is 473 g/mol. The van der Waals surface area contributed by atoms with Crippen molar-refractivity contribution in [2.45, 2.75) is 58.3 Å². The number of aromatic hydroxyl groups is 1. The first-order valence-corrected chi connectivity index (χ1v) is 11.9. The van der Waals surface area contributed by atoms with E-state index in [-0.39, 0.29) is 24.4 Å². The summed E-state index contributed by atoms with van der Waals surface area (Å²) in [6, 6.07) is 1.82. The van der Waals surface area contributed by atoms with Crippen LogP contribution < -0.4 is 15.0 Å². The molecule has 1 saturated heterocycles. The molecule has 0 radical (unpaired) electrons. The number of hydrogen-bond acceptors (Lipinski definition) is 7. The quantitative estimate of drug-likeness (QED) is 0.515. The molecule has 0 saturated carbocycles. The molecule has 1 unspecified atom stereocenters. The second kappa shape index (κ2) is 10.0. The number of aromatic carboxylic acids is 1. The fourth-order valence-corrected chi connectivity index (χ4v) is 4.63. The number of nitrogens with zero attached hydrogens (tertiary/aromatic N) is 1. The predicted octanol–water partition coefficient (Wildman–Crippen LogP) is 4.05. The lowest BCUT2D eigenvalue weighted by molar-refractivity contribution is 0.0691. The number of hydrogen-bond donors (Lipinski definition) is 3. The molecule has 4 rings (SSSR count). The molecule has 0 spiro atoms. The molecule has 2 aliphatic rings. The van der Waals surface area contributed by atoms with Crippen molar-refractivity contribution in [2.75, 3.05) is 26.4 Å². The third kappa shape index (κ3) is 4.49. The number of aromatic nitrogens is 2. The van der Waals surface area contributed by atoms with Gasteiger partial charge in [0.25, 0.3) is 5.56 Å². The molecule has 0 amide bonds. The smallest absolute Gasteiger partial charge is 0.345 e. The molecule has 1 atom stereocenters. The van der Waals surface area contributed by atoms with Crippen LogP contribution in [0.15, 0.2) is 10.9 Å². The van der Waals surface area contributed by atoms with Crippen molar-refractivity contribution in [3.63, 3.8) is 0 Å². The second-order valence-electron chi connectivity index (χ2n) is 9.24. The summed E-state index contributed by atoms with van der Waals surface area (Å²) >= 11 is 0. The van der Waals surface area contributed by atoms with Crippen LogP contribution in [0, 0.1) is 5.92 Å². The van der Waals surface area contributed by atoms with E-state index in [1.165, 1.54) is 0 Å². The van der Waals surface area contributed by atoms with Crippen LogP contribution in [0.1, 0.15) is 79.9 Å². The van der Waals surface area contributed by atoms with Crippen LogP contribution in [0.5, 0.6) is 17.2 Å². The van der Waals surface area contributed by atoms with E-state index in [1.54, 1.807) is 0 Å². The van der Waals surface area contributed by atoms with Gasteiger partial charge in [0.2, 0.25) is 0 Å². The molecule has 0 bridgehead atoms. The van der Waals surface area contributed by atoms with Crippen molar-refractivity contribution in [3.05, 3.63) is 33.2 Å². The Balaban J connectivity index is 1.94. The Morgan fingerprint density at radius 2 is 2.06 bits per heavy atom. The van der Waals surface area contributed by atoms with Crippen molar-refractivity contribution in [3.8, 4) is 28.6 Å². The maximum absolute atomic E-state index is 12.7. The molecule has 0 aromatic carbocycles. The van der Waals surface area contributed by atoms with Gasteiger partial charge in [-0.3, -0.25) is 4.79 Å². The Hall–Kier alpha value is -3.07. The van der Waals surface area contributed by atoms with Crippen molar-refractivity contribution in [1.29, 1.82) is 0 Å². The lowest BCUT2D eigenvalue weighted by Gasteiger charge is -2.25. The number of rotatable bonds is 7. The second-order valence-corrected chi connectivity index (χ2v) is 9.24. The Labute approximate surface area is 198 Å². The van der Waals surface area contributed by atoms with Gasteiger partial charge in [-0.1, -0.05) is 27.2 Å². The Morgan fingerprint density at radius 3 is 2.71 bits per heavy atom. The number of pyridine rings is 2. The number of aromatic amines is 1. The van der Waals surface area contributed by atoms with Crippen LogP contribution in [0.3, 0.4) is 0 Å². The van der Waals surface area contributed by atoms with Gasteiger partial charge in [0.05, 0.1) is 24.6 Å². The molecule has 3 N–H and O–H groups in total. The molecule has 2 aromatic heterocycles. The van der Waals surface area contributed by atoms with E-state index >= 15 is 0 Å². The third-order valence-electron chi connectivity index (χ3n) is 6.62. The first-order chi connectivity index (χ1) is 16.3.